The van der Waals surface area contributed by atoms with Crippen molar-refractivity contribution in [2.45, 2.75) is 51.5 Å². The lowest BCUT2D eigenvalue weighted by molar-refractivity contribution is -0.0688. The zero-order valence-corrected chi connectivity index (χ0v) is 18.2. The number of methoxy groups -OCH3 is 1. The highest BCUT2D eigenvalue weighted by atomic mass is 79.9. The molecule has 4 aliphatic rings. The van der Waals surface area contributed by atoms with Crippen LogP contribution in [0.4, 0.5) is 0 Å². The van der Waals surface area contributed by atoms with Crippen LogP contribution in [0.2, 0.25) is 0 Å². The standard InChI is InChI=1S/C24H28BrNO2/c1-14(24-11-15-7-16(12-24)9-17(8-15)13-24)26-23(27)20-10-18-5-3-4-6-19(18)21(25)22(20)28-2/h3-6,10,14-17H,7-9,11-13H2,1-2H3,(H,26,27)/t14-,15?,16?,17?,24?/m1/s1. The van der Waals surface area contributed by atoms with E-state index in [9.17, 15) is 4.79 Å². The third kappa shape index (κ3) is 2.87. The lowest BCUT2D eigenvalue weighted by Crippen LogP contribution is -2.55. The van der Waals surface area contributed by atoms with Gasteiger partial charge in [-0.15, -0.1) is 0 Å². The van der Waals surface area contributed by atoms with E-state index in [2.05, 4.69) is 28.2 Å². The molecule has 0 saturated heterocycles. The van der Waals surface area contributed by atoms with Gasteiger partial charge in [-0.2, -0.15) is 0 Å². The van der Waals surface area contributed by atoms with Crippen LogP contribution in [0.3, 0.4) is 0 Å². The van der Waals surface area contributed by atoms with Crippen LogP contribution < -0.4 is 10.1 Å². The van der Waals surface area contributed by atoms with Gasteiger partial charge in [0, 0.05) is 6.04 Å². The summed E-state index contributed by atoms with van der Waals surface area (Å²) < 4.78 is 6.48. The first-order valence-electron chi connectivity index (χ1n) is 10.5. The molecular weight excluding hydrogens is 414 g/mol. The van der Waals surface area contributed by atoms with E-state index in [4.69, 9.17) is 4.74 Å². The van der Waals surface area contributed by atoms with Crippen LogP contribution in [0.5, 0.6) is 5.75 Å². The summed E-state index contributed by atoms with van der Waals surface area (Å²) in [5.41, 5.74) is 0.913. The molecule has 3 nitrogen and oxygen atoms in total. The van der Waals surface area contributed by atoms with E-state index in [0.29, 0.717) is 16.7 Å². The average Bonchev–Trinajstić information content (AvgIpc) is 2.67. The zero-order valence-electron chi connectivity index (χ0n) is 16.6. The number of rotatable bonds is 4. The number of fused-ring (bicyclic) bond motifs is 1. The number of carbonyl (C=O) groups is 1. The highest BCUT2D eigenvalue weighted by Crippen LogP contribution is 2.61. The van der Waals surface area contributed by atoms with Crippen LogP contribution in [0, 0.1) is 23.2 Å². The van der Waals surface area contributed by atoms with Gasteiger partial charge in [0.2, 0.25) is 0 Å². The Hall–Kier alpha value is -1.55. The highest BCUT2D eigenvalue weighted by Gasteiger charge is 2.53. The van der Waals surface area contributed by atoms with Crippen molar-refractivity contribution >= 4 is 32.6 Å². The van der Waals surface area contributed by atoms with Crippen LogP contribution in [-0.4, -0.2) is 19.1 Å². The molecule has 1 N–H and O–H groups in total. The van der Waals surface area contributed by atoms with E-state index in [1.807, 2.05) is 30.3 Å². The highest BCUT2D eigenvalue weighted by molar-refractivity contribution is 9.10. The molecule has 0 unspecified atom stereocenters. The van der Waals surface area contributed by atoms with Gasteiger partial charge in [-0.1, -0.05) is 24.3 Å². The van der Waals surface area contributed by atoms with Crippen molar-refractivity contribution in [2.75, 3.05) is 7.11 Å². The van der Waals surface area contributed by atoms with E-state index in [-0.39, 0.29) is 11.9 Å². The van der Waals surface area contributed by atoms with E-state index in [0.717, 1.165) is 33.0 Å². The molecule has 4 bridgehead atoms. The summed E-state index contributed by atoms with van der Waals surface area (Å²) in [6.45, 7) is 2.23. The molecule has 1 amide bonds. The van der Waals surface area contributed by atoms with Crippen molar-refractivity contribution in [2.24, 2.45) is 23.2 Å². The molecule has 2 aromatic rings. The number of amides is 1. The summed E-state index contributed by atoms with van der Waals surface area (Å²) >= 11 is 3.65. The lowest BCUT2D eigenvalue weighted by atomic mass is 9.48. The molecule has 2 aromatic carbocycles. The van der Waals surface area contributed by atoms with E-state index >= 15 is 0 Å². The number of halogens is 1. The largest absolute Gasteiger partial charge is 0.495 e. The van der Waals surface area contributed by atoms with E-state index < -0.39 is 0 Å². The summed E-state index contributed by atoms with van der Waals surface area (Å²) in [4.78, 5) is 13.3. The minimum atomic E-state index is -0.0217. The Balaban J connectivity index is 1.44. The Morgan fingerprint density at radius 3 is 2.36 bits per heavy atom. The number of benzene rings is 2. The fraction of sp³-hybridized carbons (Fsp3) is 0.542. The van der Waals surface area contributed by atoms with Gasteiger partial charge in [0.05, 0.1) is 17.1 Å². The Morgan fingerprint density at radius 1 is 1.14 bits per heavy atom. The maximum atomic E-state index is 13.3. The molecule has 0 aromatic heterocycles. The maximum absolute atomic E-state index is 13.3. The maximum Gasteiger partial charge on any atom is 0.255 e. The zero-order chi connectivity index (χ0) is 19.5. The molecular formula is C24H28BrNO2. The summed E-state index contributed by atoms with van der Waals surface area (Å²) in [6.07, 6.45) is 8.14. The second-order valence-electron chi connectivity index (χ2n) is 9.47. The van der Waals surface area contributed by atoms with Gasteiger partial charge >= 0.3 is 0 Å². The molecule has 28 heavy (non-hydrogen) atoms. The number of ether oxygens (including phenoxy) is 1. The van der Waals surface area contributed by atoms with Crippen molar-refractivity contribution in [3.8, 4) is 5.75 Å². The summed E-state index contributed by atoms with van der Waals surface area (Å²) in [6, 6.07) is 10.2. The number of hydrogen-bond acceptors (Lipinski definition) is 2. The van der Waals surface area contributed by atoms with Gasteiger partial charge in [0.25, 0.3) is 5.91 Å². The second kappa shape index (κ2) is 6.76. The van der Waals surface area contributed by atoms with Gasteiger partial charge in [-0.25, -0.2) is 0 Å². The smallest absolute Gasteiger partial charge is 0.255 e. The molecule has 0 spiro atoms. The topological polar surface area (TPSA) is 38.3 Å². The normalized spacial score (nSPS) is 31.8. The third-order valence-electron chi connectivity index (χ3n) is 7.74. The first-order chi connectivity index (χ1) is 13.5. The number of carbonyl (C=O) groups excluding carboxylic acids is 1. The predicted octanol–water partition coefficient (Wildman–Crippen LogP) is 5.95. The molecule has 6 rings (SSSR count). The van der Waals surface area contributed by atoms with Gasteiger partial charge < -0.3 is 10.1 Å². The molecule has 1 atom stereocenters. The molecule has 0 radical (unpaired) electrons. The minimum Gasteiger partial charge on any atom is -0.495 e. The third-order valence-corrected chi connectivity index (χ3v) is 8.53. The summed E-state index contributed by atoms with van der Waals surface area (Å²) in [5.74, 6) is 3.25. The van der Waals surface area contributed by atoms with Gasteiger partial charge in [0.15, 0.2) is 0 Å². The lowest BCUT2D eigenvalue weighted by Gasteiger charge is -2.59. The van der Waals surface area contributed by atoms with Gasteiger partial charge in [-0.05, 0) is 101 Å². The average molecular weight is 442 g/mol. The predicted molar refractivity (Wildman–Crippen MR) is 116 cm³/mol. The van der Waals surface area contributed by atoms with Crippen LogP contribution in [0.1, 0.15) is 55.8 Å². The molecule has 4 heteroatoms. The Morgan fingerprint density at radius 2 is 1.75 bits per heavy atom. The number of nitrogens with one attached hydrogen (secondary N) is 1. The first-order valence-corrected chi connectivity index (χ1v) is 11.3. The van der Waals surface area contributed by atoms with E-state index in [1.165, 1.54) is 38.5 Å². The van der Waals surface area contributed by atoms with Crippen molar-refractivity contribution < 1.29 is 9.53 Å². The van der Waals surface area contributed by atoms with Crippen LogP contribution in [0.15, 0.2) is 34.8 Å². The molecule has 4 fully saturated rings. The van der Waals surface area contributed by atoms with Crippen molar-refractivity contribution in [3.63, 3.8) is 0 Å². The SMILES string of the molecule is COc1c(C(=O)N[C@H](C)C23CC4CC(CC(C4)C2)C3)cc2ccccc2c1Br. The molecule has 0 aliphatic heterocycles. The van der Waals surface area contributed by atoms with Gasteiger partial charge in [0.1, 0.15) is 5.75 Å². The van der Waals surface area contributed by atoms with Crippen molar-refractivity contribution in [1.82, 2.24) is 5.32 Å². The van der Waals surface area contributed by atoms with Crippen LogP contribution >= 0.6 is 15.9 Å². The second-order valence-corrected chi connectivity index (χ2v) is 10.3. The molecule has 148 valence electrons. The molecule has 4 saturated carbocycles. The summed E-state index contributed by atoms with van der Waals surface area (Å²) in [7, 11) is 1.63. The Bertz CT molecular complexity index is 902. The minimum absolute atomic E-state index is 0.0217. The number of hydrogen-bond donors (Lipinski definition) is 1. The Labute approximate surface area is 175 Å². The molecule has 4 aliphatic carbocycles. The van der Waals surface area contributed by atoms with Crippen molar-refractivity contribution in [3.05, 3.63) is 40.4 Å². The monoisotopic (exact) mass is 441 g/mol. The summed E-state index contributed by atoms with van der Waals surface area (Å²) in [5, 5.41) is 5.48. The molecule has 0 heterocycles. The fourth-order valence-corrected chi connectivity index (χ4v) is 7.52. The van der Waals surface area contributed by atoms with Crippen LogP contribution in [0.25, 0.3) is 10.8 Å². The first kappa shape index (κ1) is 18.5. The van der Waals surface area contributed by atoms with E-state index in [1.54, 1.807) is 7.11 Å². The fourth-order valence-electron chi connectivity index (χ4n) is 6.79. The van der Waals surface area contributed by atoms with Crippen LogP contribution in [-0.2, 0) is 0 Å². The van der Waals surface area contributed by atoms with Gasteiger partial charge in [-0.3, -0.25) is 4.79 Å². The Kier molecular flexibility index (Phi) is 4.46. The quantitative estimate of drug-likeness (QED) is 0.636. The van der Waals surface area contributed by atoms with Crippen molar-refractivity contribution in [1.29, 1.82) is 0 Å².